The molecule has 0 aromatic heterocycles. The number of piperazine rings is 1. The van der Waals surface area contributed by atoms with Crippen molar-refractivity contribution in [3.8, 4) is 5.75 Å². The van der Waals surface area contributed by atoms with Gasteiger partial charge in [0.25, 0.3) is 0 Å². The lowest BCUT2D eigenvalue weighted by atomic mass is 10.2. The first kappa shape index (κ1) is 17.1. The highest BCUT2D eigenvalue weighted by Gasteiger charge is 2.21. The second-order valence-corrected chi connectivity index (χ2v) is 6.02. The first-order valence-corrected chi connectivity index (χ1v) is 8.10. The lowest BCUT2D eigenvalue weighted by Gasteiger charge is -2.37. The lowest BCUT2D eigenvalue weighted by molar-refractivity contribution is 0.0679. The number of hydrogen-bond acceptors (Lipinski definition) is 5. The molecule has 1 aliphatic heterocycles. The summed E-state index contributed by atoms with van der Waals surface area (Å²) in [4.78, 5) is 4.82. The smallest absolute Gasteiger partial charge is 0.142 e. The van der Waals surface area contributed by atoms with Crippen LogP contribution < -0.4 is 15.4 Å². The van der Waals surface area contributed by atoms with Crippen molar-refractivity contribution in [2.75, 3.05) is 51.3 Å². The highest BCUT2D eigenvalue weighted by molar-refractivity contribution is 5.58. The number of anilines is 1. The highest BCUT2D eigenvalue weighted by atomic mass is 16.5. The van der Waals surface area contributed by atoms with Gasteiger partial charge in [0.2, 0.25) is 0 Å². The zero-order valence-electron chi connectivity index (χ0n) is 14.0. The fourth-order valence-corrected chi connectivity index (χ4v) is 2.78. The molecule has 0 saturated carbocycles. The van der Waals surface area contributed by atoms with E-state index in [1.807, 2.05) is 6.07 Å². The fraction of sp³-hybridized carbons (Fsp3) is 0.647. The van der Waals surface area contributed by atoms with Crippen molar-refractivity contribution < 1.29 is 9.47 Å². The van der Waals surface area contributed by atoms with Crippen LogP contribution in [0.15, 0.2) is 24.3 Å². The molecule has 5 heteroatoms. The number of para-hydroxylation sites is 2. The molecule has 1 fully saturated rings. The summed E-state index contributed by atoms with van der Waals surface area (Å²) in [6.07, 6.45) is 0.317. The number of rotatable bonds is 7. The van der Waals surface area contributed by atoms with Crippen LogP contribution in [0.2, 0.25) is 0 Å². The third-order valence-electron chi connectivity index (χ3n) is 4.00. The van der Waals surface area contributed by atoms with Crippen LogP contribution in [0.25, 0.3) is 0 Å². The maximum absolute atomic E-state index is 5.93. The van der Waals surface area contributed by atoms with Gasteiger partial charge in [0.15, 0.2) is 0 Å². The number of methoxy groups -OCH3 is 1. The molecule has 0 aliphatic carbocycles. The molecule has 1 aromatic rings. The van der Waals surface area contributed by atoms with Crippen LogP contribution in [0.5, 0.6) is 5.75 Å². The van der Waals surface area contributed by atoms with Gasteiger partial charge in [0, 0.05) is 46.4 Å². The molecule has 1 saturated heterocycles. The molecule has 0 unspecified atom stereocenters. The molecular formula is C17H29N3O2. The van der Waals surface area contributed by atoms with Gasteiger partial charge in [-0.25, -0.2) is 0 Å². The van der Waals surface area contributed by atoms with Crippen LogP contribution in [0, 0.1) is 0 Å². The Balaban J connectivity index is 1.94. The third kappa shape index (κ3) is 4.60. The SMILES string of the molecule is CO[C@H](CN)CN1CCN(c2ccccc2OC(C)C)CC1. The summed E-state index contributed by atoms with van der Waals surface area (Å²) in [6.45, 7) is 9.65. The summed E-state index contributed by atoms with van der Waals surface area (Å²) in [5.41, 5.74) is 6.90. The van der Waals surface area contributed by atoms with E-state index in [1.165, 1.54) is 5.69 Å². The van der Waals surface area contributed by atoms with E-state index in [0.29, 0.717) is 6.54 Å². The summed E-state index contributed by atoms with van der Waals surface area (Å²) in [6, 6.07) is 8.30. The molecule has 0 bridgehead atoms. The molecule has 5 nitrogen and oxygen atoms in total. The number of benzene rings is 1. The molecule has 124 valence electrons. The van der Waals surface area contributed by atoms with E-state index in [0.717, 1.165) is 38.5 Å². The first-order valence-electron chi connectivity index (χ1n) is 8.10. The Morgan fingerprint density at radius 2 is 1.82 bits per heavy atom. The van der Waals surface area contributed by atoms with E-state index in [4.69, 9.17) is 15.2 Å². The Morgan fingerprint density at radius 3 is 2.41 bits per heavy atom. The van der Waals surface area contributed by atoms with Crippen LogP contribution >= 0.6 is 0 Å². The number of ether oxygens (including phenoxy) is 2. The van der Waals surface area contributed by atoms with Gasteiger partial charge in [-0.05, 0) is 26.0 Å². The minimum atomic E-state index is 0.128. The van der Waals surface area contributed by atoms with E-state index in [2.05, 4.69) is 41.8 Å². The molecule has 1 aliphatic rings. The molecule has 0 radical (unpaired) electrons. The largest absolute Gasteiger partial charge is 0.489 e. The predicted octanol–water partition coefficient (Wildman–Crippen LogP) is 1.57. The second-order valence-electron chi connectivity index (χ2n) is 6.02. The highest BCUT2D eigenvalue weighted by Crippen LogP contribution is 2.29. The van der Waals surface area contributed by atoms with Crippen molar-refractivity contribution in [3.63, 3.8) is 0 Å². The van der Waals surface area contributed by atoms with E-state index in [-0.39, 0.29) is 12.2 Å². The summed E-state index contributed by atoms with van der Waals surface area (Å²) < 4.78 is 11.3. The monoisotopic (exact) mass is 307 g/mol. The van der Waals surface area contributed by atoms with Crippen molar-refractivity contribution in [3.05, 3.63) is 24.3 Å². The summed E-state index contributed by atoms with van der Waals surface area (Å²) in [7, 11) is 1.73. The maximum atomic E-state index is 5.93. The Morgan fingerprint density at radius 1 is 1.14 bits per heavy atom. The average Bonchev–Trinajstić information content (AvgIpc) is 2.53. The molecule has 2 N–H and O–H groups in total. The minimum Gasteiger partial charge on any atom is -0.489 e. The van der Waals surface area contributed by atoms with Gasteiger partial charge >= 0.3 is 0 Å². The molecular weight excluding hydrogens is 278 g/mol. The normalized spacial score (nSPS) is 17.8. The summed E-state index contributed by atoms with van der Waals surface area (Å²) in [5.74, 6) is 0.975. The van der Waals surface area contributed by atoms with Crippen LogP contribution in [-0.4, -0.2) is 63.5 Å². The zero-order chi connectivity index (χ0) is 15.9. The molecule has 1 heterocycles. The minimum absolute atomic E-state index is 0.128. The van der Waals surface area contributed by atoms with Crippen molar-refractivity contribution in [2.24, 2.45) is 5.73 Å². The van der Waals surface area contributed by atoms with E-state index < -0.39 is 0 Å². The van der Waals surface area contributed by atoms with Crippen LogP contribution in [0.3, 0.4) is 0 Å². The third-order valence-corrected chi connectivity index (χ3v) is 4.00. The fourth-order valence-electron chi connectivity index (χ4n) is 2.78. The number of nitrogens with two attached hydrogens (primary N) is 1. The van der Waals surface area contributed by atoms with Gasteiger partial charge in [-0.3, -0.25) is 4.90 Å². The van der Waals surface area contributed by atoms with Gasteiger partial charge in [-0.1, -0.05) is 12.1 Å². The summed E-state index contributed by atoms with van der Waals surface area (Å²) >= 11 is 0. The standard InChI is InChI=1S/C17H29N3O2/c1-14(2)22-17-7-5-4-6-16(17)20-10-8-19(9-11-20)13-15(12-18)21-3/h4-7,14-15H,8-13,18H2,1-3H3/t15-/m1/s1. The van der Waals surface area contributed by atoms with Crippen molar-refractivity contribution in [1.82, 2.24) is 4.90 Å². The average molecular weight is 307 g/mol. The molecule has 22 heavy (non-hydrogen) atoms. The Kier molecular flexibility index (Phi) is 6.49. The van der Waals surface area contributed by atoms with Crippen LogP contribution in [0.4, 0.5) is 5.69 Å². The first-order chi connectivity index (χ1) is 10.6. The quantitative estimate of drug-likeness (QED) is 0.829. The Hall–Kier alpha value is -1.30. The number of nitrogens with zero attached hydrogens (tertiary/aromatic N) is 2. The molecule has 1 aromatic carbocycles. The summed E-state index contributed by atoms with van der Waals surface area (Å²) in [5, 5.41) is 0. The van der Waals surface area contributed by atoms with Crippen molar-refractivity contribution in [1.29, 1.82) is 0 Å². The maximum Gasteiger partial charge on any atom is 0.142 e. The van der Waals surface area contributed by atoms with Gasteiger partial charge in [0.1, 0.15) is 5.75 Å². The molecule has 2 rings (SSSR count). The van der Waals surface area contributed by atoms with Crippen LogP contribution in [0.1, 0.15) is 13.8 Å². The van der Waals surface area contributed by atoms with E-state index in [9.17, 15) is 0 Å². The lowest BCUT2D eigenvalue weighted by Crippen LogP contribution is -2.49. The van der Waals surface area contributed by atoms with Crippen LogP contribution in [-0.2, 0) is 4.74 Å². The van der Waals surface area contributed by atoms with Crippen molar-refractivity contribution >= 4 is 5.69 Å². The zero-order valence-corrected chi connectivity index (χ0v) is 14.0. The van der Waals surface area contributed by atoms with Gasteiger partial charge in [-0.2, -0.15) is 0 Å². The van der Waals surface area contributed by atoms with E-state index in [1.54, 1.807) is 7.11 Å². The topological polar surface area (TPSA) is 51.0 Å². The molecule has 0 spiro atoms. The van der Waals surface area contributed by atoms with Gasteiger partial charge in [0.05, 0.1) is 17.9 Å². The number of hydrogen-bond donors (Lipinski definition) is 1. The van der Waals surface area contributed by atoms with Gasteiger partial charge in [-0.15, -0.1) is 0 Å². The van der Waals surface area contributed by atoms with Crippen molar-refractivity contribution in [2.45, 2.75) is 26.1 Å². The molecule has 1 atom stereocenters. The Bertz CT molecular complexity index is 441. The van der Waals surface area contributed by atoms with Gasteiger partial charge < -0.3 is 20.1 Å². The second kappa shape index (κ2) is 8.36. The molecule has 0 amide bonds. The van der Waals surface area contributed by atoms with E-state index >= 15 is 0 Å². The predicted molar refractivity (Wildman–Crippen MR) is 90.7 cm³/mol. The Labute approximate surface area is 134 Å².